The van der Waals surface area contributed by atoms with Gasteiger partial charge in [-0.2, -0.15) is 13.2 Å². The predicted molar refractivity (Wildman–Crippen MR) is 80.3 cm³/mol. The third kappa shape index (κ3) is 3.29. The first kappa shape index (κ1) is 18.0. The van der Waals surface area contributed by atoms with Crippen LogP contribution < -0.4 is 10.6 Å². The molecule has 1 aromatic carbocycles. The number of fused-ring (bicyclic) bond motifs is 1. The number of carbonyl (C=O) groups excluding carboxylic acids is 2. The van der Waals surface area contributed by atoms with E-state index < -0.39 is 35.9 Å². The van der Waals surface area contributed by atoms with Crippen LogP contribution in [0.4, 0.5) is 23.7 Å². The normalized spacial score (nSPS) is 19.3. The standard InChI is InChI=1S/C14H10ClF3N4O4/c15-7-1-2-10-9(3-7)13(14(16,17)18,25-12(24)21-10)6-19-11(23)4-8-5-20-26-22-8/h1-3,5H,4,6H2,(H,19,23)(H,21,24). The van der Waals surface area contributed by atoms with Crippen molar-refractivity contribution in [2.45, 2.75) is 18.2 Å². The first-order valence-electron chi connectivity index (χ1n) is 7.11. The highest BCUT2D eigenvalue weighted by Crippen LogP contribution is 2.47. The molecule has 0 fully saturated rings. The average molecular weight is 391 g/mol. The Labute approximate surface area is 148 Å². The van der Waals surface area contributed by atoms with Gasteiger partial charge in [0.1, 0.15) is 5.69 Å². The van der Waals surface area contributed by atoms with E-state index >= 15 is 0 Å². The van der Waals surface area contributed by atoms with Crippen molar-refractivity contribution < 1.29 is 32.1 Å². The Balaban J connectivity index is 1.92. The summed E-state index contributed by atoms with van der Waals surface area (Å²) in [7, 11) is 0. The molecule has 0 saturated heterocycles. The minimum Gasteiger partial charge on any atom is -0.426 e. The van der Waals surface area contributed by atoms with Crippen LogP contribution in [-0.2, 0) is 21.6 Å². The van der Waals surface area contributed by atoms with Gasteiger partial charge in [-0.05, 0) is 18.2 Å². The Morgan fingerprint density at radius 3 is 2.81 bits per heavy atom. The van der Waals surface area contributed by atoms with Crippen molar-refractivity contribution in [3.8, 4) is 0 Å². The third-order valence-electron chi connectivity index (χ3n) is 3.66. The fraction of sp³-hybridized carbons (Fsp3) is 0.286. The largest absolute Gasteiger partial charge is 0.434 e. The van der Waals surface area contributed by atoms with Crippen molar-refractivity contribution in [2.75, 3.05) is 11.9 Å². The summed E-state index contributed by atoms with van der Waals surface area (Å²) in [6, 6.07) is 3.57. The van der Waals surface area contributed by atoms with E-state index in [1.165, 1.54) is 12.1 Å². The molecule has 0 aliphatic carbocycles. The molecule has 2 aromatic rings. The van der Waals surface area contributed by atoms with Crippen LogP contribution in [0.25, 0.3) is 0 Å². The summed E-state index contributed by atoms with van der Waals surface area (Å²) in [5.74, 6) is -0.789. The highest BCUT2D eigenvalue weighted by molar-refractivity contribution is 6.30. The van der Waals surface area contributed by atoms with Crippen LogP contribution in [0, 0.1) is 0 Å². The maximum Gasteiger partial charge on any atom is 0.434 e. The lowest BCUT2D eigenvalue weighted by molar-refractivity contribution is -0.262. The number of anilines is 1. The number of nitrogens with zero attached hydrogens (tertiary/aromatic N) is 2. The average Bonchev–Trinajstić information content (AvgIpc) is 3.05. The molecule has 0 saturated carbocycles. The molecule has 138 valence electrons. The summed E-state index contributed by atoms with van der Waals surface area (Å²) in [4.78, 5) is 23.6. The van der Waals surface area contributed by atoms with Gasteiger partial charge in [-0.1, -0.05) is 21.9 Å². The van der Waals surface area contributed by atoms with Crippen molar-refractivity contribution in [3.63, 3.8) is 0 Å². The fourth-order valence-electron chi connectivity index (χ4n) is 2.46. The van der Waals surface area contributed by atoms with Crippen molar-refractivity contribution in [1.29, 1.82) is 0 Å². The van der Waals surface area contributed by atoms with E-state index in [9.17, 15) is 22.8 Å². The SMILES string of the molecule is O=C(Cc1cnon1)NCC1(C(F)(F)F)OC(=O)Nc2ccc(Cl)cc21. The second-order valence-corrected chi connectivity index (χ2v) is 5.82. The zero-order valence-electron chi connectivity index (χ0n) is 12.8. The summed E-state index contributed by atoms with van der Waals surface area (Å²) in [5.41, 5.74) is -3.49. The van der Waals surface area contributed by atoms with Gasteiger partial charge in [0.2, 0.25) is 5.91 Å². The van der Waals surface area contributed by atoms with Gasteiger partial charge in [-0.3, -0.25) is 10.1 Å². The minimum atomic E-state index is -5.02. The van der Waals surface area contributed by atoms with Crippen molar-refractivity contribution in [1.82, 2.24) is 15.6 Å². The zero-order valence-corrected chi connectivity index (χ0v) is 13.5. The number of hydrogen-bond donors (Lipinski definition) is 2. The second-order valence-electron chi connectivity index (χ2n) is 5.38. The number of halogens is 4. The van der Waals surface area contributed by atoms with E-state index in [2.05, 4.69) is 30.3 Å². The van der Waals surface area contributed by atoms with Crippen LogP contribution in [0.3, 0.4) is 0 Å². The lowest BCUT2D eigenvalue weighted by atomic mass is 9.89. The third-order valence-corrected chi connectivity index (χ3v) is 3.90. The molecule has 0 spiro atoms. The molecule has 3 rings (SSSR count). The first-order chi connectivity index (χ1) is 12.2. The second kappa shape index (κ2) is 6.48. The van der Waals surface area contributed by atoms with Crippen LogP contribution in [0.2, 0.25) is 5.02 Å². The number of hydrogen-bond acceptors (Lipinski definition) is 6. The van der Waals surface area contributed by atoms with Gasteiger partial charge < -0.3 is 10.1 Å². The summed E-state index contributed by atoms with van der Waals surface area (Å²) >= 11 is 5.80. The summed E-state index contributed by atoms with van der Waals surface area (Å²) in [6.45, 7) is -1.04. The maximum absolute atomic E-state index is 13.9. The topological polar surface area (TPSA) is 106 Å². The van der Waals surface area contributed by atoms with Gasteiger partial charge >= 0.3 is 12.3 Å². The van der Waals surface area contributed by atoms with E-state index in [0.717, 1.165) is 12.3 Å². The maximum atomic E-state index is 13.9. The van der Waals surface area contributed by atoms with Crippen molar-refractivity contribution in [3.05, 3.63) is 40.7 Å². The quantitative estimate of drug-likeness (QED) is 0.830. The number of carbonyl (C=O) groups is 2. The Morgan fingerprint density at radius 1 is 1.38 bits per heavy atom. The molecule has 2 N–H and O–H groups in total. The van der Waals surface area contributed by atoms with Crippen molar-refractivity contribution in [2.24, 2.45) is 0 Å². The number of amides is 2. The molecule has 1 aromatic heterocycles. The number of aromatic nitrogens is 2. The summed E-state index contributed by atoms with van der Waals surface area (Å²) in [5, 5.41) is 11.0. The highest BCUT2D eigenvalue weighted by Gasteiger charge is 2.62. The number of nitrogens with one attached hydrogen (secondary N) is 2. The molecule has 1 atom stereocenters. The lowest BCUT2D eigenvalue weighted by Gasteiger charge is -2.39. The Bertz CT molecular complexity index is 843. The van der Waals surface area contributed by atoms with E-state index in [4.69, 9.17) is 11.6 Å². The van der Waals surface area contributed by atoms with Gasteiger partial charge in [0, 0.05) is 10.6 Å². The van der Waals surface area contributed by atoms with E-state index in [0.29, 0.717) is 0 Å². The van der Waals surface area contributed by atoms with Crippen molar-refractivity contribution >= 4 is 29.3 Å². The molecule has 2 amide bonds. The summed E-state index contributed by atoms with van der Waals surface area (Å²) in [6.07, 6.45) is -5.52. The van der Waals surface area contributed by atoms with Gasteiger partial charge in [-0.25, -0.2) is 9.42 Å². The van der Waals surface area contributed by atoms with Crippen LogP contribution in [0.15, 0.2) is 29.0 Å². The zero-order chi connectivity index (χ0) is 18.9. The number of alkyl halides is 3. The van der Waals surface area contributed by atoms with Crippen LogP contribution in [0.1, 0.15) is 11.3 Å². The monoisotopic (exact) mass is 390 g/mol. The van der Waals surface area contributed by atoms with Gasteiger partial charge in [-0.15, -0.1) is 0 Å². The Kier molecular flexibility index (Phi) is 4.48. The van der Waals surface area contributed by atoms with Crippen LogP contribution in [0.5, 0.6) is 0 Å². The molecular formula is C14H10ClF3N4O4. The molecule has 0 radical (unpaired) electrons. The van der Waals surface area contributed by atoms with Gasteiger partial charge in [0.25, 0.3) is 5.60 Å². The molecule has 8 nitrogen and oxygen atoms in total. The van der Waals surface area contributed by atoms with E-state index in [1.54, 1.807) is 0 Å². The van der Waals surface area contributed by atoms with Gasteiger partial charge in [0.15, 0.2) is 0 Å². The van der Waals surface area contributed by atoms with Gasteiger partial charge in [0.05, 0.1) is 24.8 Å². The number of rotatable bonds is 4. The molecule has 1 aliphatic heterocycles. The Morgan fingerprint density at radius 2 is 2.15 bits per heavy atom. The lowest BCUT2D eigenvalue weighted by Crippen LogP contribution is -2.56. The molecule has 26 heavy (non-hydrogen) atoms. The van der Waals surface area contributed by atoms with Crippen LogP contribution >= 0.6 is 11.6 Å². The molecule has 2 heterocycles. The first-order valence-corrected chi connectivity index (χ1v) is 7.49. The number of ether oxygens (including phenoxy) is 1. The Hall–Kier alpha value is -2.82. The fourth-order valence-corrected chi connectivity index (χ4v) is 2.63. The molecule has 1 aliphatic rings. The predicted octanol–water partition coefficient (Wildman–Crippen LogP) is 2.40. The minimum absolute atomic E-state index is 0.0112. The smallest absolute Gasteiger partial charge is 0.426 e. The van der Waals surface area contributed by atoms with E-state index in [1.807, 2.05) is 0 Å². The molecule has 0 bridgehead atoms. The summed E-state index contributed by atoms with van der Waals surface area (Å²) < 4.78 is 50.5. The molecular weight excluding hydrogens is 381 g/mol. The highest BCUT2D eigenvalue weighted by atomic mass is 35.5. The van der Waals surface area contributed by atoms with Crippen LogP contribution in [-0.4, -0.2) is 35.0 Å². The number of cyclic esters (lactones) is 1. The van der Waals surface area contributed by atoms with E-state index in [-0.39, 0.29) is 22.8 Å². The molecule has 1 unspecified atom stereocenters. The number of benzene rings is 1. The molecule has 12 heteroatoms.